The lowest BCUT2D eigenvalue weighted by Gasteiger charge is -2.19. The van der Waals surface area contributed by atoms with Gasteiger partial charge < -0.3 is 14.6 Å². The van der Waals surface area contributed by atoms with E-state index in [1.165, 1.54) is 24.5 Å². The zero-order valence-electron chi connectivity index (χ0n) is 9.56. The lowest BCUT2D eigenvalue weighted by Crippen LogP contribution is -2.34. The van der Waals surface area contributed by atoms with Crippen LogP contribution in [-0.4, -0.2) is 47.4 Å². The van der Waals surface area contributed by atoms with E-state index in [0.717, 1.165) is 0 Å². The predicted molar refractivity (Wildman–Crippen MR) is 56.7 cm³/mol. The first-order chi connectivity index (χ1) is 7.56. The molecule has 1 rings (SSSR count). The molecule has 0 radical (unpaired) electrons. The van der Waals surface area contributed by atoms with Crippen LogP contribution >= 0.6 is 0 Å². The summed E-state index contributed by atoms with van der Waals surface area (Å²) in [6.45, 7) is 2.02. The normalized spacial score (nSPS) is 11.9. The Morgan fingerprint density at radius 2 is 2.31 bits per heavy atom. The number of methoxy groups -OCH3 is 1. The van der Waals surface area contributed by atoms with Crippen molar-refractivity contribution in [3.63, 3.8) is 0 Å². The molecule has 0 aromatic carbocycles. The van der Waals surface area contributed by atoms with Crippen LogP contribution in [0.2, 0.25) is 0 Å². The second-order valence-corrected chi connectivity index (χ2v) is 3.58. The van der Waals surface area contributed by atoms with Crippen molar-refractivity contribution in [2.24, 2.45) is 5.92 Å². The third kappa shape index (κ3) is 2.82. The molecule has 6 nitrogen and oxygen atoms in total. The van der Waals surface area contributed by atoms with Crippen molar-refractivity contribution in [3.8, 4) is 0 Å². The Morgan fingerprint density at radius 1 is 1.62 bits per heavy atom. The summed E-state index contributed by atoms with van der Waals surface area (Å²) in [6, 6.07) is 0. The summed E-state index contributed by atoms with van der Waals surface area (Å²) in [7, 11) is 2.96. The van der Waals surface area contributed by atoms with Gasteiger partial charge in [-0.2, -0.15) is 0 Å². The minimum atomic E-state index is -0.345. The maximum absolute atomic E-state index is 11.8. The Bertz CT molecular complexity index is 361. The van der Waals surface area contributed by atoms with Gasteiger partial charge in [0.2, 0.25) is 0 Å². The Hall–Kier alpha value is -1.85. The predicted octanol–water partition coefficient (Wildman–Crippen LogP) is 0.291. The van der Waals surface area contributed by atoms with Crippen LogP contribution < -0.4 is 0 Å². The van der Waals surface area contributed by atoms with E-state index in [-0.39, 0.29) is 17.8 Å². The van der Waals surface area contributed by atoms with Crippen molar-refractivity contribution in [1.82, 2.24) is 14.9 Å². The lowest BCUT2D eigenvalue weighted by atomic mass is 10.1. The molecule has 1 N–H and O–H groups in total. The van der Waals surface area contributed by atoms with Crippen LogP contribution in [0.3, 0.4) is 0 Å². The number of carbonyl (C=O) groups is 2. The summed E-state index contributed by atoms with van der Waals surface area (Å²) in [5.74, 6) is -0.876. The van der Waals surface area contributed by atoms with Crippen LogP contribution in [-0.2, 0) is 9.53 Å². The first kappa shape index (κ1) is 12.2. The van der Waals surface area contributed by atoms with E-state index >= 15 is 0 Å². The number of carbonyl (C=O) groups excluding carboxylic acids is 2. The molecule has 0 fully saturated rings. The molecule has 88 valence electrons. The van der Waals surface area contributed by atoms with E-state index in [4.69, 9.17) is 0 Å². The number of ether oxygens (including phenoxy) is 1. The topological polar surface area (TPSA) is 75.3 Å². The number of imidazole rings is 1. The van der Waals surface area contributed by atoms with E-state index in [9.17, 15) is 9.59 Å². The van der Waals surface area contributed by atoms with Crippen molar-refractivity contribution in [3.05, 3.63) is 18.2 Å². The molecule has 0 spiro atoms. The number of nitrogens with zero attached hydrogens (tertiary/aromatic N) is 2. The van der Waals surface area contributed by atoms with E-state index in [1.807, 2.05) is 0 Å². The molecule has 6 heteroatoms. The maximum atomic E-state index is 11.8. The van der Waals surface area contributed by atoms with Crippen LogP contribution in [0.25, 0.3) is 0 Å². The third-order valence-electron chi connectivity index (χ3n) is 2.23. The number of amides is 1. The summed E-state index contributed by atoms with van der Waals surface area (Å²) in [5.41, 5.74) is 0.402. The van der Waals surface area contributed by atoms with Crippen LogP contribution in [0.1, 0.15) is 17.4 Å². The molecule has 1 aromatic heterocycles. The van der Waals surface area contributed by atoms with E-state index in [0.29, 0.717) is 12.2 Å². The van der Waals surface area contributed by atoms with Crippen LogP contribution in [0.5, 0.6) is 0 Å². The van der Waals surface area contributed by atoms with Gasteiger partial charge in [-0.15, -0.1) is 0 Å². The van der Waals surface area contributed by atoms with Crippen molar-refractivity contribution >= 4 is 11.9 Å². The van der Waals surface area contributed by atoms with Gasteiger partial charge in [-0.1, -0.05) is 6.92 Å². The van der Waals surface area contributed by atoms with Gasteiger partial charge in [0.15, 0.2) is 0 Å². The Balaban J connectivity index is 2.56. The number of esters is 1. The number of aromatic amines is 1. The Kier molecular flexibility index (Phi) is 4.04. The number of aromatic nitrogens is 2. The largest absolute Gasteiger partial charge is 0.469 e. The highest BCUT2D eigenvalue weighted by atomic mass is 16.5. The van der Waals surface area contributed by atoms with E-state index < -0.39 is 0 Å². The van der Waals surface area contributed by atoms with Crippen LogP contribution in [0.4, 0.5) is 0 Å². The molecule has 0 saturated heterocycles. The zero-order chi connectivity index (χ0) is 12.1. The molecule has 1 aromatic rings. The summed E-state index contributed by atoms with van der Waals surface area (Å²) in [5, 5.41) is 0. The number of H-pyrrole nitrogens is 1. The second-order valence-electron chi connectivity index (χ2n) is 3.58. The monoisotopic (exact) mass is 225 g/mol. The zero-order valence-corrected chi connectivity index (χ0v) is 9.56. The van der Waals surface area contributed by atoms with Crippen LogP contribution in [0, 0.1) is 5.92 Å². The minimum Gasteiger partial charge on any atom is -0.469 e. The Labute approximate surface area is 93.6 Å². The van der Waals surface area contributed by atoms with Gasteiger partial charge in [0.25, 0.3) is 5.91 Å². The highest BCUT2D eigenvalue weighted by Crippen LogP contribution is 2.04. The summed E-state index contributed by atoms with van der Waals surface area (Å²) >= 11 is 0. The third-order valence-corrected chi connectivity index (χ3v) is 2.23. The van der Waals surface area contributed by atoms with Gasteiger partial charge >= 0.3 is 5.97 Å². The van der Waals surface area contributed by atoms with Gasteiger partial charge in [-0.3, -0.25) is 9.59 Å². The van der Waals surface area contributed by atoms with Crippen molar-refractivity contribution < 1.29 is 14.3 Å². The maximum Gasteiger partial charge on any atom is 0.310 e. The van der Waals surface area contributed by atoms with E-state index in [2.05, 4.69) is 14.7 Å². The SMILES string of the molecule is COC(=O)C(C)CN(C)C(=O)c1cnc[nH]1. The van der Waals surface area contributed by atoms with E-state index in [1.54, 1.807) is 14.0 Å². The summed E-state index contributed by atoms with van der Waals surface area (Å²) < 4.78 is 4.59. The highest BCUT2D eigenvalue weighted by Gasteiger charge is 2.20. The number of nitrogens with one attached hydrogen (secondary N) is 1. The first-order valence-corrected chi connectivity index (χ1v) is 4.88. The molecule has 1 amide bonds. The summed E-state index contributed by atoms with van der Waals surface area (Å²) in [4.78, 5) is 30.9. The van der Waals surface area contributed by atoms with Crippen molar-refractivity contribution in [2.45, 2.75) is 6.92 Å². The highest BCUT2D eigenvalue weighted by molar-refractivity contribution is 5.92. The fourth-order valence-corrected chi connectivity index (χ4v) is 1.35. The van der Waals surface area contributed by atoms with Gasteiger partial charge in [0.1, 0.15) is 5.69 Å². The molecule has 0 aliphatic heterocycles. The molecule has 0 bridgehead atoms. The van der Waals surface area contributed by atoms with Gasteiger partial charge in [-0.05, 0) is 0 Å². The molecular weight excluding hydrogens is 210 g/mol. The van der Waals surface area contributed by atoms with Crippen molar-refractivity contribution in [2.75, 3.05) is 20.7 Å². The lowest BCUT2D eigenvalue weighted by molar-refractivity contribution is -0.145. The van der Waals surface area contributed by atoms with Crippen molar-refractivity contribution in [1.29, 1.82) is 0 Å². The average Bonchev–Trinajstić information content (AvgIpc) is 2.79. The number of hydrogen-bond acceptors (Lipinski definition) is 4. The molecule has 1 heterocycles. The molecule has 0 aliphatic carbocycles. The standard InChI is InChI=1S/C10H15N3O3/c1-7(10(15)16-3)5-13(2)9(14)8-4-11-6-12-8/h4,6-7H,5H2,1-3H3,(H,11,12). The summed E-state index contributed by atoms with van der Waals surface area (Å²) in [6.07, 6.45) is 2.88. The molecule has 0 aliphatic rings. The smallest absolute Gasteiger partial charge is 0.310 e. The quantitative estimate of drug-likeness (QED) is 0.747. The van der Waals surface area contributed by atoms with Crippen LogP contribution in [0.15, 0.2) is 12.5 Å². The molecule has 16 heavy (non-hydrogen) atoms. The average molecular weight is 225 g/mol. The molecule has 0 saturated carbocycles. The fourth-order valence-electron chi connectivity index (χ4n) is 1.35. The fraction of sp³-hybridized carbons (Fsp3) is 0.500. The second kappa shape index (κ2) is 5.29. The Morgan fingerprint density at radius 3 is 2.81 bits per heavy atom. The first-order valence-electron chi connectivity index (χ1n) is 4.88. The number of rotatable bonds is 4. The van der Waals surface area contributed by atoms with Gasteiger partial charge in [-0.25, -0.2) is 4.98 Å². The van der Waals surface area contributed by atoms with Gasteiger partial charge in [0, 0.05) is 13.6 Å². The number of hydrogen-bond donors (Lipinski definition) is 1. The minimum absolute atomic E-state index is 0.201. The molecule has 1 unspecified atom stereocenters. The van der Waals surface area contributed by atoms with Gasteiger partial charge in [0.05, 0.1) is 25.6 Å². The molecule has 1 atom stereocenters. The molecular formula is C10H15N3O3.